The van der Waals surface area contributed by atoms with Crippen molar-refractivity contribution in [3.8, 4) is 5.75 Å². The summed E-state index contributed by atoms with van der Waals surface area (Å²) in [7, 11) is 0. The Balaban J connectivity index is 1.50. The van der Waals surface area contributed by atoms with E-state index in [-0.39, 0.29) is 40.0 Å². The van der Waals surface area contributed by atoms with Gasteiger partial charge in [-0.05, 0) is 77.2 Å². The van der Waals surface area contributed by atoms with Crippen molar-refractivity contribution in [3.05, 3.63) is 90.3 Å². The third-order valence-corrected chi connectivity index (χ3v) is 9.33. The van der Waals surface area contributed by atoms with E-state index in [4.69, 9.17) is 0 Å². The number of imide groups is 1. The Hall–Kier alpha value is -2.62. The van der Waals surface area contributed by atoms with E-state index < -0.39 is 23.7 Å². The second-order valence-electron chi connectivity index (χ2n) is 9.59. The molecule has 0 radical (unpaired) electrons. The molecule has 0 spiro atoms. The van der Waals surface area contributed by atoms with Gasteiger partial charge in [0.05, 0.1) is 22.0 Å². The quantitative estimate of drug-likeness (QED) is 0.242. The van der Waals surface area contributed by atoms with Crippen LogP contribution in [0.15, 0.2) is 84.8 Å². The van der Waals surface area contributed by atoms with E-state index in [2.05, 4.69) is 47.8 Å². The molecule has 6 rings (SSSR count). The van der Waals surface area contributed by atoms with Gasteiger partial charge < -0.3 is 5.11 Å². The second-order valence-corrected chi connectivity index (χ2v) is 12.3. The second kappa shape index (κ2) is 8.99. The van der Waals surface area contributed by atoms with Crippen LogP contribution in [0.5, 0.6) is 5.75 Å². The van der Waals surface area contributed by atoms with Gasteiger partial charge in [-0.2, -0.15) is 0 Å². The van der Waals surface area contributed by atoms with Crippen LogP contribution >= 0.6 is 47.8 Å². The number of hydrogen-bond acceptors (Lipinski definition) is 5. The first kappa shape index (κ1) is 24.7. The lowest BCUT2D eigenvalue weighted by molar-refractivity contribution is -0.123. The maximum absolute atomic E-state index is 13.8. The SMILES string of the molecule is O=C1C=C(Br)C(=O)C2=C1[C@@H](c1cc(Br)ccc1O)C1=CC[C@@H]3C(=O)N(c4ccc(Br)cc4)C(=O)[C@@H]3[C@@H]1C2. The molecule has 1 heterocycles. The van der Waals surface area contributed by atoms with Crippen molar-refractivity contribution in [3.63, 3.8) is 0 Å². The molecule has 0 saturated carbocycles. The summed E-state index contributed by atoms with van der Waals surface area (Å²) in [5.74, 6) is -3.60. The van der Waals surface area contributed by atoms with Crippen LogP contribution in [-0.4, -0.2) is 28.5 Å². The third kappa shape index (κ3) is 3.77. The fourth-order valence-electron chi connectivity index (χ4n) is 6.16. The number of fused-ring (bicyclic) bond motifs is 3. The number of carbonyl (C=O) groups excluding carboxylic acids is 4. The molecule has 3 aliphatic carbocycles. The number of phenols is 1. The van der Waals surface area contributed by atoms with E-state index in [1.165, 1.54) is 17.0 Å². The van der Waals surface area contributed by atoms with Gasteiger partial charge in [0.15, 0.2) is 11.6 Å². The lowest BCUT2D eigenvalue weighted by atomic mass is 9.59. The largest absolute Gasteiger partial charge is 0.508 e. The van der Waals surface area contributed by atoms with Crippen LogP contribution < -0.4 is 4.90 Å². The van der Waals surface area contributed by atoms with Crippen molar-refractivity contribution in [2.24, 2.45) is 17.8 Å². The topological polar surface area (TPSA) is 91.8 Å². The molecule has 2 amide bonds. The number of ketones is 2. The predicted molar refractivity (Wildman–Crippen MR) is 147 cm³/mol. The minimum Gasteiger partial charge on any atom is -0.508 e. The van der Waals surface area contributed by atoms with Gasteiger partial charge in [-0.25, -0.2) is 0 Å². The molecule has 4 atom stereocenters. The molecule has 0 unspecified atom stereocenters. The average molecular weight is 688 g/mol. The van der Waals surface area contributed by atoms with Crippen molar-refractivity contribution >= 4 is 76.9 Å². The van der Waals surface area contributed by atoms with Gasteiger partial charge >= 0.3 is 0 Å². The van der Waals surface area contributed by atoms with Crippen LogP contribution in [0.1, 0.15) is 24.3 Å². The molecule has 37 heavy (non-hydrogen) atoms. The summed E-state index contributed by atoms with van der Waals surface area (Å²) in [5.41, 5.74) is 2.42. The summed E-state index contributed by atoms with van der Waals surface area (Å²) >= 11 is 10.1. The first-order valence-corrected chi connectivity index (χ1v) is 14.1. The number of allylic oxidation sites excluding steroid dienone is 6. The molecule has 1 fully saturated rings. The van der Waals surface area contributed by atoms with Crippen molar-refractivity contribution < 1.29 is 24.3 Å². The van der Waals surface area contributed by atoms with Crippen LogP contribution in [0.2, 0.25) is 0 Å². The fraction of sp³-hybridized carbons (Fsp3) is 0.214. The van der Waals surface area contributed by atoms with Crippen LogP contribution in [0.25, 0.3) is 0 Å². The lowest BCUT2D eigenvalue weighted by Crippen LogP contribution is -2.39. The van der Waals surface area contributed by atoms with Crippen molar-refractivity contribution in [2.75, 3.05) is 4.90 Å². The Morgan fingerprint density at radius 2 is 1.57 bits per heavy atom. The van der Waals surface area contributed by atoms with Gasteiger partial charge in [-0.3, -0.25) is 24.1 Å². The molecule has 0 bridgehead atoms. The molecule has 2 aromatic carbocycles. The molecule has 4 aliphatic rings. The first-order chi connectivity index (χ1) is 17.7. The normalized spacial score (nSPS) is 27.1. The summed E-state index contributed by atoms with van der Waals surface area (Å²) in [4.78, 5) is 55.1. The Morgan fingerprint density at radius 3 is 2.30 bits per heavy atom. The van der Waals surface area contributed by atoms with Gasteiger partial charge in [0.25, 0.3) is 0 Å². The Kier molecular flexibility index (Phi) is 6.00. The van der Waals surface area contributed by atoms with Crippen LogP contribution in [0.3, 0.4) is 0 Å². The number of phenolic OH excluding ortho intramolecular Hbond substituents is 1. The van der Waals surface area contributed by atoms with Crippen molar-refractivity contribution in [1.82, 2.24) is 0 Å². The van der Waals surface area contributed by atoms with Gasteiger partial charge in [0, 0.05) is 37.6 Å². The zero-order valence-corrected chi connectivity index (χ0v) is 23.8. The summed E-state index contributed by atoms with van der Waals surface area (Å²) in [6.07, 6.45) is 3.72. The van der Waals surface area contributed by atoms with E-state index in [9.17, 15) is 24.3 Å². The standard InChI is InChI=1S/C28H18Br3NO5/c29-12-1-4-14(5-2-12)32-27(36)16-7-6-15-17(24(16)28(32)37)10-19-25(22(34)11-20(31)26(19)35)23(15)18-9-13(30)3-8-21(18)33/h1-6,8-9,11,16-17,23-24,33H,7,10H2/t16-,17+,23+,24-/m0/s1. The van der Waals surface area contributed by atoms with Crippen molar-refractivity contribution in [2.45, 2.75) is 18.8 Å². The van der Waals surface area contributed by atoms with Crippen LogP contribution in [-0.2, 0) is 19.2 Å². The van der Waals surface area contributed by atoms with Crippen molar-refractivity contribution in [1.29, 1.82) is 0 Å². The Labute approximate surface area is 237 Å². The highest BCUT2D eigenvalue weighted by molar-refractivity contribution is 9.12. The molecule has 1 saturated heterocycles. The third-order valence-electron chi connectivity index (χ3n) is 7.72. The van der Waals surface area contributed by atoms with E-state index in [1.807, 2.05) is 6.08 Å². The number of rotatable bonds is 2. The molecule has 0 aromatic heterocycles. The van der Waals surface area contributed by atoms with Crippen LogP contribution in [0, 0.1) is 17.8 Å². The van der Waals surface area contributed by atoms with Crippen LogP contribution in [0.4, 0.5) is 5.69 Å². The minimum absolute atomic E-state index is 0.0112. The van der Waals surface area contributed by atoms with E-state index in [0.717, 1.165) is 10.0 Å². The number of anilines is 1. The number of halogens is 3. The predicted octanol–water partition coefficient (Wildman–Crippen LogP) is 5.88. The van der Waals surface area contributed by atoms with Gasteiger partial charge in [0.1, 0.15) is 5.75 Å². The highest BCUT2D eigenvalue weighted by atomic mass is 79.9. The van der Waals surface area contributed by atoms with Gasteiger partial charge in [0.2, 0.25) is 11.8 Å². The summed E-state index contributed by atoms with van der Waals surface area (Å²) in [6.45, 7) is 0. The van der Waals surface area contributed by atoms with Gasteiger partial charge in [-0.15, -0.1) is 0 Å². The van der Waals surface area contributed by atoms with Gasteiger partial charge in [-0.1, -0.05) is 43.5 Å². The summed E-state index contributed by atoms with van der Waals surface area (Å²) in [6, 6.07) is 12.0. The minimum atomic E-state index is -0.704. The molecule has 1 N–H and O–H groups in total. The molecule has 6 nitrogen and oxygen atoms in total. The number of benzene rings is 2. The molecule has 2 aromatic rings. The summed E-state index contributed by atoms with van der Waals surface area (Å²) in [5, 5.41) is 10.8. The van der Waals surface area contributed by atoms with E-state index >= 15 is 0 Å². The molecular formula is C28H18Br3NO5. The maximum Gasteiger partial charge on any atom is 0.238 e. The number of carbonyl (C=O) groups is 4. The fourth-order valence-corrected chi connectivity index (χ4v) is 7.25. The lowest BCUT2D eigenvalue weighted by Gasteiger charge is -2.42. The highest BCUT2D eigenvalue weighted by Crippen LogP contribution is 2.56. The molecule has 186 valence electrons. The molecule has 9 heteroatoms. The number of hydrogen-bond donors (Lipinski definition) is 1. The molecular weight excluding hydrogens is 670 g/mol. The van der Waals surface area contributed by atoms with E-state index in [0.29, 0.717) is 33.3 Å². The zero-order chi connectivity index (χ0) is 26.2. The summed E-state index contributed by atoms with van der Waals surface area (Å²) < 4.78 is 1.71. The number of amides is 2. The smallest absolute Gasteiger partial charge is 0.238 e. The monoisotopic (exact) mass is 685 g/mol. The zero-order valence-electron chi connectivity index (χ0n) is 19.1. The number of Topliss-reactive ketones (excluding diaryl/α,β-unsaturated/α-hetero) is 1. The highest BCUT2D eigenvalue weighted by Gasteiger charge is 2.56. The number of aromatic hydroxyl groups is 1. The Bertz CT molecular complexity index is 1520. The average Bonchev–Trinajstić information content (AvgIpc) is 3.13. The van der Waals surface area contributed by atoms with E-state index in [1.54, 1.807) is 36.4 Å². The maximum atomic E-state index is 13.8. The molecule has 1 aliphatic heterocycles. The Morgan fingerprint density at radius 1 is 0.865 bits per heavy atom. The number of nitrogens with zero attached hydrogens (tertiary/aromatic N) is 1. The first-order valence-electron chi connectivity index (χ1n) is 11.7.